The molecule has 0 saturated heterocycles. The molecule has 0 fully saturated rings. The topological polar surface area (TPSA) is 44.5 Å². The van der Waals surface area contributed by atoms with Crippen LogP contribution in [0.5, 0.6) is 0 Å². The first-order valence-electron chi connectivity index (χ1n) is 1.93. The summed E-state index contributed by atoms with van der Waals surface area (Å²) in [5.41, 5.74) is 0. The first-order chi connectivity index (χ1) is 3.79. The van der Waals surface area contributed by atoms with Gasteiger partial charge < -0.3 is 9.97 Å². The van der Waals surface area contributed by atoms with E-state index in [2.05, 4.69) is 39.4 Å². The van der Waals surface area contributed by atoms with Crippen LogP contribution in [-0.4, -0.2) is 66.3 Å². The molecule has 1 rings (SSSR count). The van der Waals surface area contributed by atoms with Crippen LogP contribution in [0.3, 0.4) is 0 Å². The molecular weight excluding hydrogens is 181 g/mol. The standard InChI is InChI=1S/C3H3N3S2.K/c7-2-4-1-5-3(8)6-2;/h1H,(H2,4,5,6,7,8);. The summed E-state index contributed by atoms with van der Waals surface area (Å²) >= 11 is 9.33. The van der Waals surface area contributed by atoms with Gasteiger partial charge in [0.05, 0.1) is 6.33 Å². The molecule has 43 valence electrons. The third kappa shape index (κ3) is 3.71. The Morgan fingerprint density at radius 3 is 2.44 bits per heavy atom. The smallest absolute Gasteiger partial charge is 0.200 e. The summed E-state index contributed by atoms with van der Waals surface area (Å²) in [4.78, 5) is 8.96. The zero-order valence-electron chi connectivity index (χ0n) is 4.84. The van der Waals surface area contributed by atoms with E-state index in [0.717, 1.165) is 0 Å². The molecule has 9 heavy (non-hydrogen) atoms. The van der Waals surface area contributed by atoms with E-state index in [-0.39, 0.29) is 51.4 Å². The van der Waals surface area contributed by atoms with E-state index >= 15 is 0 Å². The van der Waals surface area contributed by atoms with Crippen LogP contribution in [0.1, 0.15) is 0 Å². The minimum Gasteiger partial charge on any atom is -0.323 e. The second-order valence-electron chi connectivity index (χ2n) is 1.16. The third-order valence-electron chi connectivity index (χ3n) is 0.598. The van der Waals surface area contributed by atoms with Crippen LogP contribution in [0.25, 0.3) is 0 Å². The molecule has 1 aromatic rings. The average Bonchev–Trinajstić information content (AvgIpc) is 1.64. The Balaban J connectivity index is 0.000000640. The molecule has 0 spiro atoms. The summed E-state index contributed by atoms with van der Waals surface area (Å²) in [6, 6.07) is 0. The molecule has 1 heterocycles. The second-order valence-corrected chi connectivity index (χ2v) is 1.96. The van der Waals surface area contributed by atoms with Crippen LogP contribution < -0.4 is 0 Å². The molecule has 0 unspecified atom stereocenters. The Morgan fingerprint density at radius 1 is 1.44 bits per heavy atom. The molecule has 3 nitrogen and oxygen atoms in total. The van der Waals surface area contributed by atoms with Crippen LogP contribution in [0.4, 0.5) is 0 Å². The first kappa shape index (κ1) is 10.1. The van der Waals surface area contributed by atoms with Crippen LogP contribution in [-0.2, 0) is 0 Å². The van der Waals surface area contributed by atoms with Crippen molar-refractivity contribution in [2.45, 2.75) is 0 Å². The van der Waals surface area contributed by atoms with E-state index in [0.29, 0.717) is 9.54 Å². The van der Waals surface area contributed by atoms with Gasteiger partial charge in [0, 0.05) is 51.4 Å². The van der Waals surface area contributed by atoms with E-state index < -0.39 is 0 Å². The van der Waals surface area contributed by atoms with E-state index in [1.165, 1.54) is 6.33 Å². The van der Waals surface area contributed by atoms with Gasteiger partial charge in [-0.3, -0.25) is 0 Å². The Labute approximate surface area is 105 Å². The fourth-order valence-electron chi connectivity index (χ4n) is 0.315. The Kier molecular flexibility index (Phi) is 5.42. The van der Waals surface area contributed by atoms with E-state index in [4.69, 9.17) is 0 Å². The zero-order chi connectivity index (χ0) is 5.98. The number of H-pyrrole nitrogens is 2. The van der Waals surface area contributed by atoms with Crippen LogP contribution in [0, 0.1) is 9.54 Å². The van der Waals surface area contributed by atoms with Crippen molar-refractivity contribution >= 4 is 75.8 Å². The SMILES string of the molecule is S=c1nc[nH]c(=S)[nH]1.[K]. The maximum Gasteiger partial charge on any atom is 0.200 e. The summed E-state index contributed by atoms with van der Waals surface area (Å²) in [5.74, 6) is 0. The molecule has 1 radical (unpaired) electrons. The first-order valence-corrected chi connectivity index (χ1v) is 2.75. The fraction of sp³-hybridized carbons (Fsp3) is 0. The van der Waals surface area contributed by atoms with Gasteiger partial charge in [0.2, 0.25) is 0 Å². The molecule has 6 heteroatoms. The predicted octanol–water partition coefficient (Wildman–Crippen LogP) is 0.816. The number of nitrogens with zero attached hydrogens (tertiary/aromatic N) is 1. The van der Waals surface area contributed by atoms with Crippen molar-refractivity contribution in [2.75, 3.05) is 0 Å². The number of nitrogens with one attached hydrogen (secondary N) is 2. The van der Waals surface area contributed by atoms with Crippen LogP contribution in [0.15, 0.2) is 6.33 Å². The molecule has 0 aliphatic rings. The Hall–Kier alpha value is 1.09. The molecule has 0 atom stereocenters. The van der Waals surface area contributed by atoms with Gasteiger partial charge >= 0.3 is 0 Å². The van der Waals surface area contributed by atoms with Gasteiger partial charge in [0.25, 0.3) is 0 Å². The maximum atomic E-state index is 4.68. The van der Waals surface area contributed by atoms with Gasteiger partial charge in [-0.25, -0.2) is 4.98 Å². The quantitative estimate of drug-likeness (QED) is 0.463. The maximum absolute atomic E-state index is 4.68. The normalized spacial score (nSPS) is 8.00. The molecular formula is C3H3KN3S2. The summed E-state index contributed by atoms with van der Waals surface area (Å²) in [5, 5.41) is 0. The second kappa shape index (κ2) is 4.83. The average molecular weight is 184 g/mol. The van der Waals surface area contributed by atoms with E-state index in [1.54, 1.807) is 0 Å². The Bertz CT molecular complexity index is 251. The number of rotatable bonds is 0. The molecule has 0 bridgehead atoms. The number of aromatic amines is 2. The summed E-state index contributed by atoms with van der Waals surface area (Å²) < 4.78 is 0.916. The monoisotopic (exact) mass is 184 g/mol. The molecule has 0 aromatic carbocycles. The zero-order valence-corrected chi connectivity index (χ0v) is 9.60. The third-order valence-corrected chi connectivity index (χ3v) is 1.03. The van der Waals surface area contributed by atoms with Crippen molar-refractivity contribution in [3.05, 3.63) is 15.9 Å². The molecule has 1 aromatic heterocycles. The number of hydrogen-bond acceptors (Lipinski definition) is 3. The van der Waals surface area contributed by atoms with Gasteiger partial charge in [-0.2, -0.15) is 0 Å². The van der Waals surface area contributed by atoms with Gasteiger partial charge in [-0.05, 0) is 24.4 Å². The number of aromatic nitrogens is 3. The van der Waals surface area contributed by atoms with Crippen molar-refractivity contribution in [2.24, 2.45) is 0 Å². The largest absolute Gasteiger partial charge is 0.323 e. The Morgan fingerprint density at radius 2 is 2.11 bits per heavy atom. The number of hydrogen-bond donors (Lipinski definition) is 2. The fourth-order valence-corrected chi connectivity index (χ4v) is 0.684. The summed E-state index contributed by atoms with van der Waals surface area (Å²) in [7, 11) is 0. The van der Waals surface area contributed by atoms with E-state index in [1.807, 2.05) is 0 Å². The van der Waals surface area contributed by atoms with Crippen molar-refractivity contribution in [3.8, 4) is 0 Å². The minimum absolute atomic E-state index is 0. The summed E-state index contributed by atoms with van der Waals surface area (Å²) in [6.45, 7) is 0. The van der Waals surface area contributed by atoms with Crippen molar-refractivity contribution in [1.82, 2.24) is 15.0 Å². The van der Waals surface area contributed by atoms with Crippen molar-refractivity contribution < 1.29 is 0 Å². The van der Waals surface area contributed by atoms with Gasteiger partial charge in [-0.1, -0.05) is 0 Å². The summed E-state index contributed by atoms with van der Waals surface area (Å²) in [6.07, 6.45) is 1.46. The molecule has 0 saturated carbocycles. The van der Waals surface area contributed by atoms with Crippen molar-refractivity contribution in [3.63, 3.8) is 0 Å². The molecule has 0 amide bonds. The van der Waals surface area contributed by atoms with Crippen LogP contribution >= 0.6 is 24.4 Å². The van der Waals surface area contributed by atoms with Gasteiger partial charge in [-0.15, -0.1) is 0 Å². The minimum atomic E-state index is 0. The van der Waals surface area contributed by atoms with Crippen molar-refractivity contribution in [1.29, 1.82) is 0 Å². The van der Waals surface area contributed by atoms with Gasteiger partial charge in [0.1, 0.15) is 0 Å². The van der Waals surface area contributed by atoms with E-state index in [9.17, 15) is 0 Å². The van der Waals surface area contributed by atoms with Gasteiger partial charge in [0.15, 0.2) is 9.54 Å². The molecule has 0 aliphatic carbocycles. The predicted molar refractivity (Wildman–Crippen MR) is 40.4 cm³/mol. The molecule has 2 N–H and O–H groups in total. The van der Waals surface area contributed by atoms with Crippen LogP contribution in [0.2, 0.25) is 0 Å². The molecule has 0 aliphatic heterocycles.